The maximum atomic E-state index is 6.29. The quantitative estimate of drug-likeness (QED) is 0.850. The molecular weight excluding hydrogens is 236 g/mol. The second-order valence-electron chi connectivity index (χ2n) is 5.22. The fourth-order valence-corrected chi connectivity index (χ4v) is 2.63. The molecule has 2 heterocycles. The van der Waals surface area contributed by atoms with Crippen LogP contribution in [0.25, 0.3) is 0 Å². The maximum absolute atomic E-state index is 6.29. The third kappa shape index (κ3) is 2.22. The number of aryl methyl sites for hydroxylation is 2. The molecule has 1 aromatic carbocycles. The molecule has 0 spiro atoms. The van der Waals surface area contributed by atoms with Gasteiger partial charge >= 0.3 is 0 Å². The predicted octanol–water partition coefficient (Wildman–Crippen LogP) is 3.22. The van der Waals surface area contributed by atoms with Crippen LogP contribution in [-0.2, 0) is 0 Å². The zero-order chi connectivity index (χ0) is 13.4. The number of benzene rings is 1. The summed E-state index contributed by atoms with van der Waals surface area (Å²) >= 11 is 0. The minimum Gasteiger partial charge on any atom is -0.485 e. The van der Waals surface area contributed by atoms with Crippen molar-refractivity contribution in [2.75, 3.05) is 0 Å². The van der Waals surface area contributed by atoms with Crippen molar-refractivity contribution in [3.05, 3.63) is 58.9 Å². The normalized spacial score (nSPS) is 21.6. The zero-order valence-corrected chi connectivity index (χ0v) is 11.3. The first kappa shape index (κ1) is 12.2. The molecule has 1 aliphatic rings. The molecule has 0 radical (unpaired) electrons. The molecule has 3 nitrogen and oxygen atoms in total. The van der Waals surface area contributed by atoms with Crippen LogP contribution in [0, 0.1) is 13.8 Å². The SMILES string of the molecule is Cc1ccc2c(c1)[C@@H](N)CC(c1cnccc1C)O2. The summed E-state index contributed by atoms with van der Waals surface area (Å²) in [5.41, 5.74) is 10.9. The molecule has 0 amide bonds. The first-order chi connectivity index (χ1) is 9.15. The number of fused-ring (bicyclic) bond motifs is 1. The predicted molar refractivity (Wildman–Crippen MR) is 75.1 cm³/mol. The van der Waals surface area contributed by atoms with E-state index < -0.39 is 0 Å². The molecule has 0 saturated carbocycles. The van der Waals surface area contributed by atoms with Gasteiger partial charge in [-0.15, -0.1) is 0 Å². The van der Waals surface area contributed by atoms with Gasteiger partial charge in [-0.3, -0.25) is 4.98 Å². The Bertz CT molecular complexity index is 609. The number of pyridine rings is 1. The van der Waals surface area contributed by atoms with Gasteiger partial charge in [0.15, 0.2) is 0 Å². The van der Waals surface area contributed by atoms with Crippen molar-refractivity contribution in [2.24, 2.45) is 5.73 Å². The van der Waals surface area contributed by atoms with Crippen LogP contribution in [0.3, 0.4) is 0 Å². The lowest BCUT2D eigenvalue weighted by Crippen LogP contribution is -2.24. The minimum atomic E-state index is -0.00101. The molecule has 2 aromatic rings. The van der Waals surface area contributed by atoms with Crippen LogP contribution in [0.1, 0.15) is 40.8 Å². The summed E-state index contributed by atoms with van der Waals surface area (Å²) in [5, 5.41) is 0. The highest BCUT2D eigenvalue weighted by atomic mass is 16.5. The second kappa shape index (κ2) is 4.67. The van der Waals surface area contributed by atoms with E-state index in [0.717, 1.165) is 23.3 Å². The van der Waals surface area contributed by atoms with Gasteiger partial charge in [-0.1, -0.05) is 17.7 Å². The molecule has 0 aliphatic carbocycles. The van der Waals surface area contributed by atoms with Gasteiger partial charge in [-0.25, -0.2) is 0 Å². The Morgan fingerprint density at radius 2 is 2.05 bits per heavy atom. The van der Waals surface area contributed by atoms with Crippen LogP contribution in [-0.4, -0.2) is 4.98 Å². The summed E-state index contributed by atoms with van der Waals surface area (Å²) in [7, 11) is 0. The number of ether oxygens (including phenoxy) is 1. The van der Waals surface area contributed by atoms with E-state index in [1.54, 1.807) is 6.20 Å². The molecule has 2 N–H and O–H groups in total. The summed E-state index contributed by atoms with van der Waals surface area (Å²) in [5.74, 6) is 0.901. The van der Waals surface area contributed by atoms with Crippen LogP contribution in [0.5, 0.6) is 5.75 Å². The molecule has 0 fully saturated rings. The van der Waals surface area contributed by atoms with E-state index in [4.69, 9.17) is 10.5 Å². The van der Waals surface area contributed by atoms with Gasteiger partial charge in [0.05, 0.1) is 0 Å². The molecule has 3 rings (SSSR count). The molecule has 3 heteroatoms. The summed E-state index contributed by atoms with van der Waals surface area (Å²) in [6.07, 6.45) is 4.48. The summed E-state index contributed by atoms with van der Waals surface area (Å²) in [6.45, 7) is 4.15. The van der Waals surface area contributed by atoms with Crippen molar-refractivity contribution in [3.63, 3.8) is 0 Å². The van der Waals surface area contributed by atoms with E-state index >= 15 is 0 Å². The van der Waals surface area contributed by atoms with E-state index in [1.807, 2.05) is 18.3 Å². The highest BCUT2D eigenvalue weighted by Crippen LogP contribution is 2.40. The fraction of sp³-hybridized carbons (Fsp3) is 0.312. The first-order valence-electron chi connectivity index (χ1n) is 6.58. The molecular formula is C16H18N2O. The number of rotatable bonds is 1. The van der Waals surface area contributed by atoms with E-state index in [2.05, 4.69) is 31.0 Å². The van der Waals surface area contributed by atoms with Crippen LogP contribution in [0.2, 0.25) is 0 Å². The topological polar surface area (TPSA) is 48.1 Å². The van der Waals surface area contributed by atoms with Crippen LogP contribution < -0.4 is 10.5 Å². The van der Waals surface area contributed by atoms with Crippen molar-refractivity contribution in [3.8, 4) is 5.75 Å². The molecule has 0 saturated heterocycles. The zero-order valence-electron chi connectivity index (χ0n) is 11.3. The Labute approximate surface area is 113 Å². The summed E-state index contributed by atoms with van der Waals surface area (Å²) in [6, 6.07) is 8.22. The lowest BCUT2D eigenvalue weighted by molar-refractivity contribution is 0.160. The number of hydrogen-bond donors (Lipinski definition) is 1. The van der Waals surface area contributed by atoms with Crippen LogP contribution >= 0.6 is 0 Å². The smallest absolute Gasteiger partial charge is 0.127 e. The third-order valence-corrected chi connectivity index (χ3v) is 3.73. The maximum Gasteiger partial charge on any atom is 0.127 e. The standard InChI is InChI=1S/C16H18N2O/c1-10-3-4-15-12(7-10)14(17)8-16(19-15)13-9-18-6-5-11(13)2/h3-7,9,14,16H,8,17H2,1-2H3/t14-,16?/m0/s1. The average molecular weight is 254 g/mol. The molecule has 2 atom stereocenters. The largest absolute Gasteiger partial charge is 0.485 e. The lowest BCUT2D eigenvalue weighted by Gasteiger charge is -2.31. The van der Waals surface area contributed by atoms with Crippen LogP contribution in [0.4, 0.5) is 0 Å². The Kier molecular flexibility index (Phi) is 2.99. The van der Waals surface area contributed by atoms with Crippen molar-refractivity contribution in [1.29, 1.82) is 0 Å². The van der Waals surface area contributed by atoms with Gasteiger partial charge in [0.2, 0.25) is 0 Å². The van der Waals surface area contributed by atoms with Gasteiger partial charge < -0.3 is 10.5 Å². The number of nitrogens with two attached hydrogens (primary N) is 1. The van der Waals surface area contributed by atoms with Gasteiger partial charge in [0, 0.05) is 36.0 Å². The van der Waals surface area contributed by atoms with Gasteiger partial charge in [-0.05, 0) is 31.5 Å². The molecule has 19 heavy (non-hydrogen) atoms. The molecule has 0 bridgehead atoms. The lowest BCUT2D eigenvalue weighted by atomic mass is 9.92. The molecule has 1 aliphatic heterocycles. The van der Waals surface area contributed by atoms with E-state index in [9.17, 15) is 0 Å². The molecule has 1 unspecified atom stereocenters. The highest BCUT2D eigenvalue weighted by molar-refractivity contribution is 5.42. The van der Waals surface area contributed by atoms with Crippen molar-refractivity contribution in [1.82, 2.24) is 4.98 Å². The third-order valence-electron chi connectivity index (χ3n) is 3.73. The average Bonchev–Trinajstić information content (AvgIpc) is 2.40. The summed E-state index contributed by atoms with van der Waals surface area (Å²) in [4.78, 5) is 4.20. The summed E-state index contributed by atoms with van der Waals surface area (Å²) < 4.78 is 6.10. The molecule has 1 aromatic heterocycles. The number of hydrogen-bond acceptors (Lipinski definition) is 3. The van der Waals surface area contributed by atoms with Gasteiger partial charge in [0.1, 0.15) is 11.9 Å². The Morgan fingerprint density at radius 3 is 2.84 bits per heavy atom. The first-order valence-corrected chi connectivity index (χ1v) is 6.58. The van der Waals surface area contributed by atoms with E-state index in [0.29, 0.717) is 0 Å². The van der Waals surface area contributed by atoms with Crippen molar-refractivity contribution in [2.45, 2.75) is 32.4 Å². The minimum absolute atomic E-state index is 0.00101. The van der Waals surface area contributed by atoms with Crippen LogP contribution in [0.15, 0.2) is 36.7 Å². The van der Waals surface area contributed by atoms with Gasteiger partial charge in [0.25, 0.3) is 0 Å². The Hall–Kier alpha value is -1.87. The Morgan fingerprint density at radius 1 is 1.21 bits per heavy atom. The monoisotopic (exact) mass is 254 g/mol. The van der Waals surface area contributed by atoms with Gasteiger partial charge in [-0.2, -0.15) is 0 Å². The number of aromatic nitrogens is 1. The fourth-order valence-electron chi connectivity index (χ4n) is 2.63. The number of nitrogens with zero attached hydrogens (tertiary/aromatic N) is 1. The highest BCUT2D eigenvalue weighted by Gasteiger charge is 2.28. The Balaban J connectivity index is 1.97. The molecule has 98 valence electrons. The van der Waals surface area contributed by atoms with E-state index in [-0.39, 0.29) is 12.1 Å². The van der Waals surface area contributed by atoms with Crippen molar-refractivity contribution < 1.29 is 4.74 Å². The van der Waals surface area contributed by atoms with Crippen molar-refractivity contribution >= 4 is 0 Å². The van der Waals surface area contributed by atoms with E-state index in [1.165, 1.54) is 11.1 Å². The second-order valence-corrected chi connectivity index (χ2v) is 5.22.